The van der Waals surface area contributed by atoms with Crippen LogP contribution in [0.1, 0.15) is 81.8 Å². The zero-order valence-corrected chi connectivity index (χ0v) is 40.1. The number of hydrogen-bond donors (Lipinski definition) is 4. The van der Waals surface area contributed by atoms with Gasteiger partial charge in [-0.15, -0.1) is 0 Å². The van der Waals surface area contributed by atoms with Crippen molar-refractivity contribution in [1.82, 2.24) is 50.2 Å². The van der Waals surface area contributed by atoms with Crippen molar-refractivity contribution in [1.29, 1.82) is 0 Å². The fraction of sp³-hybridized carbons (Fsp3) is 0.431. The molecule has 2 unspecified atom stereocenters. The molecular weight excluding hydrogens is 897 g/mol. The Morgan fingerprint density at radius 3 is 1.61 bits per heavy atom. The lowest BCUT2D eigenvalue weighted by molar-refractivity contribution is -0.136. The topological polar surface area (TPSA) is 217 Å². The van der Waals surface area contributed by atoms with Crippen LogP contribution in [0.4, 0.5) is 14.4 Å². The summed E-state index contributed by atoms with van der Waals surface area (Å²) < 4.78 is 20.8. The second-order valence-corrected chi connectivity index (χ2v) is 19.7. The smallest absolute Gasteiger partial charge is 0.407 e. The summed E-state index contributed by atoms with van der Waals surface area (Å²) in [6.45, 7) is 9.26. The first kappa shape index (κ1) is 46.2. The molecule has 5 aromatic rings. The Morgan fingerprint density at radius 1 is 0.671 bits per heavy atom. The summed E-state index contributed by atoms with van der Waals surface area (Å²) in [5.41, 5.74) is 7.48. The summed E-state index contributed by atoms with van der Waals surface area (Å²) in [6, 6.07) is 17.4. The van der Waals surface area contributed by atoms with Gasteiger partial charge in [0.15, 0.2) is 11.5 Å². The number of benzene rings is 3. The molecule has 3 fully saturated rings. The average molecular weight is 955 g/mol. The maximum atomic E-state index is 14.3. The molecule has 3 aromatic carbocycles. The summed E-state index contributed by atoms with van der Waals surface area (Å²) in [6.07, 6.45) is 5.14. The van der Waals surface area contributed by atoms with E-state index in [1.54, 1.807) is 20.9 Å². The number of ether oxygens (including phenoxy) is 4. The van der Waals surface area contributed by atoms with Gasteiger partial charge in [0.25, 0.3) is 0 Å². The van der Waals surface area contributed by atoms with Crippen LogP contribution in [0.5, 0.6) is 11.5 Å². The van der Waals surface area contributed by atoms with E-state index in [4.69, 9.17) is 28.9 Å². The van der Waals surface area contributed by atoms with E-state index in [0.29, 0.717) is 37.0 Å². The molecule has 1 aliphatic carbocycles. The Morgan fingerprint density at radius 2 is 1.14 bits per heavy atom. The van der Waals surface area contributed by atoms with Crippen molar-refractivity contribution in [2.24, 2.45) is 17.3 Å². The molecule has 1 saturated carbocycles. The predicted octanol–water partition coefficient (Wildman–Crippen LogP) is 6.96. The van der Waals surface area contributed by atoms with Crippen LogP contribution in [0.3, 0.4) is 0 Å². The lowest BCUT2D eigenvalue weighted by atomic mass is 10.0. The highest BCUT2D eigenvalue weighted by molar-refractivity contribution is 5.88. The number of methoxy groups -OCH3 is 2. The highest BCUT2D eigenvalue weighted by atomic mass is 16.7. The number of alkyl carbamates (subject to hydrolysis) is 2. The molecular formula is C51H58N10O9. The van der Waals surface area contributed by atoms with E-state index in [-0.39, 0.29) is 61.1 Å². The van der Waals surface area contributed by atoms with Crippen LogP contribution in [0.25, 0.3) is 33.6 Å². The van der Waals surface area contributed by atoms with Gasteiger partial charge in [0.1, 0.15) is 29.8 Å². The van der Waals surface area contributed by atoms with Gasteiger partial charge in [-0.05, 0) is 82.0 Å². The maximum Gasteiger partial charge on any atom is 0.407 e. The molecule has 6 amide bonds. The molecule has 19 heteroatoms. The zero-order chi connectivity index (χ0) is 49.0. The third-order valence-corrected chi connectivity index (χ3v) is 14.4. The quantitative estimate of drug-likeness (QED) is 0.106. The normalized spacial score (nSPS) is 19.4. The van der Waals surface area contributed by atoms with Crippen molar-refractivity contribution in [3.63, 3.8) is 0 Å². The van der Waals surface area contributed by atoms with E-state index in [1.807, 2.05) is 87.3 Å². The summed E-state index contributed by atoms with van der Waals surface area (Å²) in [4.78, 5) is 90.3. The van der Waals surface area contributed by atoms with E-state index in [0.717, 1.165) is 69.9 Å². The number of nitrogens with zero attached hydrogens (tertiary/aromatic N) is 6. The molecule has 6 heterocycles. The summed E-state index contributed by atoms with van der Waals surface area (Å²) >= 11 is 0. The first-order chi connectivity index (χ1) is 33.7. The van der Waals surface area contributed by atoms with Crippen molar-refractivity contribution in [2.75, 3.05) is 40.8 Å². The minimum Gasteiger partial charge on any atom is -0.454 e. The number of rotatable bonds is 11. The predicted molar refractivity (Wildman–Crippen MR) is 254 cm³/mol. The fourth-order valence-electron chi connectivity index (χ4n) is 10.2. The molecule has 366 valence electrons. The Bertz CT molecular complexity index is 2790. The lowest BCUT2D eigenvalue weighted by Crippen LogP contribution is -2.52. The lowest BCUT2D eigenvalue weighted by Gasteiger charge is -2.30. The molecule has 10 rings (SSSR count). The number of urea groups is 1. The van der Waals surface area contributed by atoms with Gasteiger partial charge in [-0.2, -0.15) is 0 Å². The molecule has 19 nitrogen and oxygen atoms in total. The summed E-state index contributed by atoms with van der Waals surface area (Å²) in [5.74, 6) is 1.66. The van der Waals surface area contributed by atoms with Crippen LogP contribution in [-0.2, 0) is 32.2 Å². The second kappa shape index (κ2) is 18.4. The van der Waals surface area contributed by atoms with Crippen LogP contribution in [0.2, 0.25) is 0 Å². The number of carbonyl (C=O) groups excluding carboxylic acids is 5. The van der Waals surface area contributed by atoms with Crippen LogP contribution in [-0.4, -0.2) is 122 Å². The van der Waals surface area contributed by atoms with Crippen molar-refractivity contribution in [2.45, 2.75) is 84.2 Å². The van der Waals surface area contributed by atoms with Crippen LogP contribution >= 0.6 is 0 Å². The largest absolute Gasteiger partial charge is 0.454 e. The van der Waals surface area contributed by atoms with Crippen LogP contribution in [0.15, 0.2) is 73.1 Å². The van der Waals surface area contributed by atoms with Gasteiger partial charge in [-0.3, -0.25) is 9.59 Å². The van der Waals surface area contributed by atoms with Crippen molar-refractivity contribution >= 4 is 30.0 Å². The van der Waals surface area contributed by atoms with Crippen molar-refractivity contribution < 1.29 is 42.9 Å². The Kier molecular flexibility index (Phi) is 12.1. The Balaban J connectivity index is 0.832. The van der Waals surface area contributed by atoms with Crippen molar-refractivity contribution in [3.8, 4) is 45.1 Å². The Labute approximate surface area is 405 Å². The first-order valence-corrected chi connectivity index (χ1v) is 23.8. The van der Waals surface area contributed by atoms with Gasteiger partial charge in [0.2, 0.25) is 18.6 Å². The summed E-state index contributed by atoms with van der Waals surface area (Å²) in [5, 5.41) is 5.43. The Hall–Kier alpha value is -7.57. The highest BCUT2D eigenvalue weighted by Gasteiger charge is 2.55. The number of aromatic amines is 2. The molecule has 4 atom stereocenters. The number of carbonyl (C=O) groups is 5. The van der Waals surface area contributed by atoms with Gasteiger partial charge in [-0.1, -0.05) is 76.2 Å². The average Bonchev–Trinajstić information content (AvgIpc) is 4.11. The highest BCUT2D eigenvalue weighted by Crippen LogP contribution is 2.58. The molecule has 5 aliphatic rings. The van der Waals surface area contributed by atoms with Crippen molar-refractivity contribution in [3.05, 3.63) is 95.8 Å². The van der Waals surface area contributed by atoms with Gasteiger partial charge < -0.3 is 59.1 Å². The third kappa shape index (κ3) is 8.83. The van der Waals surface area contributed by atoms with Gasteiger partial charge in [0.05, 0.1) is 57.3 Å². The van der Waals surface area contributed by atoms with Crippen LogP contribution in [0, 0.1) is 17.3 Å². The standard InChI is InChI=1S/C51H58N10O9/c1-28(2)42(56-48(64)67-5)46(62)60-25-51(15-16-51)19-38(60)44-52-20-36(54-44)32-11-7-30(8-12-32)31-9-13-33(14-10-31)37-21-53-45(55-37)39-24-59(26-61(39)47(63)43(29(3)4)57-49(65)68-6)50(66)58-22-34-17-40-41(70-27-69-40)18-35(34)23-58/h7-14,17-18,20-21,28-29,38-39,42-43H,15-16,19,22-27H2,1-6H3,(H,52,54)(H,53,55)(H,56,64)(H,57,65)/t38?,39?,42-,43-/m0/s1. The van der Waals surface area contributed by atoms with E-state index < -0.39 is 30.3 Å². The number of nitrogens with one attached hydrogen (secondary N) is 4. The SMILES string of the molecule is COC(=O)N[C@H](C(=O)N1CN(C(=O)N2Cc3cc4c(cc3C2)OCO4)CC1c1ncc(-c2ccc(-c3ccc(-c4cnc(C5CC6(CC6)CN5C(=O)[C@@H](NC(=O)OC)C(C)C)[nH]4)cc3)cc2)[nH]1)C(C)C. The molecule has 1 spiro atoms. The fourth-order valence-corrected chi connectivity index (χ4v) is 10.2. The molecule has 4 aliphatic heterocycles. The van der Waals surface area contributed by atoms with Crippen LogP contribution < -0.4 is 20.1 Å². The van der Waals surface area contributed by atoms with Gasteiger partial charge in [0, 0.05) is 19.6 Å². The van der Waals surface area contributed by atoms with E-state index in [9.17, 15) is 24.0 Å². The van der Waals surface area contributed by atoms with E-state index in [1.165, 1.54) is 14.2 Å². The molecule has 0 bridgehead atoms. The number of imidazole rings is 2. The number of amides is 6. The van der Waals surface area contributed by atoms with Gasteiger partial charge >= 0.3 is 18.2 Å². The van der Waals surface area contributed by atoms with Gasteiger partial charge in [-0.25, -0.2) is 24.4 Å². The molecule has 0 radical (unpaired) electrons. The first-order valence-electron chi connectivity index (χ1n) is 23.8. The molecule has 2 saturated heterocycles. The number of aromatic nitrogens is 4. The third-order valence-electron chi connectivity index (χ3n) is 14.4. The van der Waals surface area contributed by atoms with E-state index >= 15 is 0 Å². The zero-order valence-electron chi connectivity index (χ0n) is 40.1. The molecule has 70 heavy (non-hydrogen) atoms. The molecule has 2 aromatic heterocycles. The monoisotopic (exact) mass is 954 g/mol. The number of hydrogen-bond acceptors (Lipinski definition) is 11. The van der Waals surface area contributed by atoms with E-state index in [2.05, 4.69) is 32.7 Å². The molecule has 4 N–H and O–H groups in total. The summed E-state index contributed by atoms with van der Waals surface area (Å²) in [7, 11) is 2.54. The number of H-pyrrole nitrogens is 2. The number of likely N-dealkylation sites (tertiary alicyclic amines) is 1. The minimum atomic E-state index is -0.909. The second-order valence-electron chi connectivity index (χ2n) is 19.7. The maximum absolute atomic E-state index is 14.3. The minimum absolute atomic E-state index is 0.00766. The number of fused-ring (bicyclic) bond motifs is 2.